The Hall–Kier alpha value is -4.04. The van der Waals surface area contributed by atoms with Crippen LogP contribution in [-0.4, -0.2) is 84.1 Å². The summed E-state index contributed by atoms with van der Waals surface area (Å²) in [6.07, 6.45) is -6.16. The van der Waals surface area contributed by atoms with Crippen molar-refractivity contribution in [3.63, 3.8) is 0 Å². The van der Waals surface area contributed by atoms with E-state index in [2.05, 4.69) is 15.3 Å². The number of fused-ring (bicyclic) bond motifs is 1. The van der Waals surface area contributed by atoms with Crippen LogP contribution in [0.1, 0.15) is 15.9 Å². The van der Waals surface area contributed by atoms with E-state index in [-0.39, 0.29) is 28.9 Å². The molecular weight excluding hydrogens is 637 g/mol. The summed E-state index contributed by atoms with van der Waals surface area (Å²) in [5, 5.41) is 61.0. The maximum atomic E-state index is 11.4. The van der Waals surface area contributed by atoms with Crippen LogP contribution in [0.2, 0.25) is 10.0 Å². The second-order valence-corrected chi connectivity index (χ2v) is 11.5. The number of benzene rings is 4. The molecule has 0 unspecified atom stereocenters. The second kappa shape index (κ2) is 14.6. The van der Waals surface area contributed by atoms with E-state index in [0.717, 1.165) is 27.8 Å². The lowest BCUT2D eigenvalue weighted by atomic mass is 9.99. The van der Waals surface area contributed by atoms with E-state index in [1.807, 2.05) is 54.6 Å². The number of carboxylic acid groups (broad SMARTS) is 1. The second-order valence-electron chi connectivity index (χ2n) is 10.6. The van der Waals surface area contributed by atoms with Gasteiger partial charge in [0.2, 0.25) is 0 Å². The molecule has 1 aromatic heterocycles. The Morgan fingerprint density at radius 1 is 0.826 bits per heavy atom. The van der Waals surface area contributed by atoms with Gasteiger partial charge >= 0.3 is 5.97 Å². The minimum Gasteiger partial charge on any atom is -0.478 e. The van der Waals surface area contributed by atoms with Crippen molar-refractivity contribution in [2.45, 2.75) is 31.0 Å². The molecule has 0 aliphatic heterocycles. The van der Waals surface area contributed by atoms with Crippen LogP contribution in [0.25, 0.3) is 33.3 Å². The normalized spacial score (nSPS) is 14.2. The molecule has 0 bridgehead atoms. The number of hydrogen-bond acceptors (Lipinski definition) is 9. The fraction of sp³-hybridized carbons (Fsp3) is 0.212. The number of aromatic amines is 1. The summed E-state index contributed by atoms with van der Waals surface area (Å²) >= 11 is 12.6. The molecule has 0 aliphatic rings. The van der Waals surface area contributed by atoms with Crippen LogP contribution in [0.5, 0.6) is 11.8 Å². The van der Waals surface area contributed by atoms with Gasteiger partial charge in [0, 0.05) is 18.7 Å². The van der Waals surface area contributed by atoms with Crippen LogP contribution >= 0.6 is 23.2 Å². The fourth-order valence-electron chi connectivity index (χ4n) is 4.83. The summed E-state index contributed by atoms with van der Waals surface area (Å²) < 4.78 is 5.75. The Balaban J connectivity index is 1.22. The highest BCUT2D eigenvalue weighted by Crippen LogP contribution is 2.34. The van der Waals surface area contributed by atoms with Crippen LogP contribution in [0, 0.1) is 0 Å². The van der Waals surface area contributed by atoms with Crippen molar-refractivity contribution in [2.24, 2.45) is 0 Å². The van der Waals surface area contributed by atoms with Crippen molar-refractivity contribution in [2.75, 3.05) is 13.2 Å². The molecular formula is C33H31Cl2N3O8. The van der Waals surface area contributed by atoms with E-state index in [0.29, 0.717) is 22.6 Å². The smallest absolute Gasteiger partial charge is 0.337 e. The van der Waals surface area contributed by atoms with Crippen molar-refractivity contribution in [3.8, 4) is 34.0 Å². The number of halogens is 2. The van der Waals surface area contributed by atoms with E-state index in [1.54, 1.807) is 12.1 Å². The zero-order chi connectivity index (χ0) is 33.0. The molecule has 0 amide bonds. The lowest BCUT2D eigenvalue weighted by Crippen LogP contribution is -2.48. The minimum absolute atomic E-state index is 0.0312. The third kappa shape index (κ3) is 7.66. The molecule has 0 saturated carbocycles. The Labute approximate surface area is 273 Å². The number of ether oxygens (including phenoxy) is 1. The van der Waals surface area contributed by atoms with E-state index >= 15 is 0 Å². The number of aromatic carboxylic acids is 1. The molecule has 46 heavy (non-hydrogen) atoms. The Kier molecular flexibility index (Phi) is 10.6. The Morgan fingerprint density at radius 2 is 1.46 bits per heavy atom. The molecule has 13 heteroatoms. The summed E-state index contributed by atoms with van der Waals surface area (Å²) in [7, 11) is 0. The number of H-pyrrole nitrogens is 1. The highest BCUT2D eigenvalue weighted by Gasteiger charge is 2.29. The number of aliphatic hydroxyl groups excluding tert-OH is 5. The third-order valence-electron chi connectivity index (χ3n) is 7.42. The number of nitrogens with one attached hydrogen (secondary N) is 2. The van der Waals surface area contributed by atoms with Crippen LogP contribution in [-0.2, 0) is 6.54 Å². The quantitative estimate of drug-likeness (QED) is 0.0903. The fourth-order valence-corrected chi connectivity index (χ4v) is 5.30. The molecule has 1 heterocycles. The molecule has 0 aliphatic carbocycles. The molecule has 5 aromatic rings. The number of hydrogen-bond donors (Lipinski definition) is 8. The number of imidazole rings is 1. The van der Waals surface area contributed by atoms with Gasteiger partial charge in [-0.25, -0.2) is 4.79 Å². The molecule has 240 valence electrons. The average molecular weight is 669 g/mol. The van der Waals surface area contributed by atoms with Crippen molar-refractivity contribution >= 4 is 40.2 Å². The number of rotatable bonds is 13. The summed E-state index contributed by atoms with van der Waals surface area (Å²) in [6.45, 7) is -0.367. The number of aliphatic hydroxyl groups is 5. The Bertz CT molecular complexity index is 1820. The molecule has 0 fully saturated rings. The highest BCUT2D eigenvalue weighted by molar-refractivity contribution is 6.34. The molecule has 4 atom stereocenters. The van der Waals surface area contributed by atoms with Gasteiger partial charge in [0.05, 0.1) is 39.4 Å². The van der Waals surface area contributed by atoms with Gasteiger partial charge in [-0.05, 0) is 52.6 Å². The zero-order valence-corrected chi connectivity index (χ0v) is 25.7. The average Bonchev–Trinajstić information content (AvgIpc) is 3.45. The lowest BCUT2D eigenvalue weighted by Gasteiger charge is -2.25. The maximum absolute atomic E-state index is 11.4. The molecule has 11 nitrogen and oxygen atoms in total. The zero-order valence-electron chi connectivity index (χ0n) is 24.1. The van der Waals surface area contributed by atoms with E-state index < -0.39 is 37.0 Å². The number of carboxylic acids is 1. The molecule has 8 N–H and O–H groups in total. The van der Waals surface area contributed by atoms with Crippen LogP contribution in [0.15, 0.2) is 78.9 Å². The van der Waals surface area contributed by atoms with Gasteiger partial charge in [-0.2, -0.15) is 4.98 Å². The van der Waals surface area contributed by atoms with Gasteiger partial charge in [-0.15, -0.1) is 0 Å². The molecule has 0 spiro atoms. The van der Waals surface area contributed by atoms with Crippen LogP contribution in [0.4, 0.5) is 0 Å². The third-order valence-corrected chi connectivity index (χ3v) is 8.07. The first kappa shape index (κ1) is 33.3. The van der Waals surface area contributed by atoms with Gasteiger partial charge < -0.3 is 45.7 Å². The van der Waals surface area contributed by atoms with Gasteiger partial charge in [0.15, 0.2) is 0 Å². The van der Waals surface area contributed by atoms with Crippen LogP contribution in [0.3, 0.4) is 0 Å². The lowest BCUT2D eigenvalue weighted by molar-refractivity contribution is -0.114. The molecule has 5 rings (SSSR count). The van der Waals surface area contributed by atoms with Gasteiger partial charge in [0.25, 0.3) is 6.01 Å². The largest absolute Gasteiger partial charge is 0.478 e. The summed E-state index contributed by atoms with van der Waals surface area (Å²) in [5.41, 5.74) is 5.71. The van der Waals surface area contributed by atoms with Crippen molar-refractivity contribution in [1.29, 1.82) is 0 Å². The maximum Gasteiger partial charge on any atom is 0.337 e. The first-order valence-corrected chi connectivity index (χ1v) is 14.9. The highest BCUT2D eigenvalue weighted by atomic mass is 35.5. The van der Waals surface area contributed by atoms with Crippen molar-refractivity contribution in [3.05, 3.63) is 100 Å². The SMILES string of the molecule is O=C(O)c1cc(Oc2nc3cc(-c4ccc(-c5ccc(CNC[C@H](O)[C@@H](O)[C@H](O)[C@H](O)CO)cc5)cc4)c(Cl)cc3[nH]2)ccc1Cl. The molecule has 4 aromatic carbocycles. The monoisotopic (exact) mass is 667 g/mol. The van der Waals surface area contributed by atoms with E-state index in [4.69, 9.17) is 33.0 Å². The van der Waals surface area contributed by atoms with Crippen LogP contribution < -0.4 is 10.1 Å². The first-order chi connectivity index (χ1) is 22.0. The minimum atomic E-state index is -1.66. The summed E-state index contributed by atoms with van der Waals surface area (Å²) in [5.74, 6) is -0.905. The standard InChI is InChI=1S/C33H31Cl2N3O8/c34-24-10-9-21(11-23(24)32(44)45)46-33-37-26-12-22(25(35)13-27(26)38-33)20-7-5-19(6-8-20)18-3-1-17(2-4-18)14-36-15-28(40)30(42)31(43)29(41)16-39/h1-13,28-31,36,39-43H,14-16H2,(H,37,38)(H,44,45)/t28-,29+,30+,31+/m0/s1. The van der Waals surface area contributed by atoms with E-state index in [1.165, 1.54) is 12.1 Å². The molecule has 0 radical (unpaired) electrons. The van der Waals surface area contributed by atoms with Crippen molar-refractivity contribution < 1.29 is 40.2 Å². The molecule has 0 saturated heterocycles. The van der Waals surface area contributed by atoms with Gasteiger partial charge in [-0.1, -0.05) is 71.7 Å². The van der Waals surface area contributed by atoms with E-state index in [9.17, 15) is 30.3 Å². The Morgan fingerprint density at radius 3 is 2.11 bits per heavy atom. The topological polar surface area (TPSA) is 188 Å². The predicted molar refractivity (Wildman–Crippen MR) is 173 cm³/mol. The summed E-state index contributed by atoms with van der Waals surface area (Å²) in [6, 6.07) is 23.7. The summed E-state index contributed by atoms with van der Waals surface area (Å²) in [4.78, 5) is 18.9. The van der Waals surface area contributed by atoms with Gasteiger partial charge in [0.1, 0.15) is 24.1 Å². The number of carbonyl (C=O) groups is 1. The number of aromatic nitrogens is 2. The first-order valence-electron chi connectivity index (χ1n) is 14.2. The number of nitrogens with zero attached hydrogens (tertiary/aromatic N) is 1. The van der Waals surface area contributed by atoms with Gasteiger partial charge in [-0.3, -0.25) is 0 Å². The predicted octanol–water partition coefficient (Wildman–Crippen LogP) is 4.22. The van der Waals surface area contributed by atoms with Crippen molar-refractivity contribution in [1.82, 2.24) is 15.3 Å².